The third kappa shape index (κ3) is 3.50. The fraction of sp³-hybridized carbons (Fsp3) is 0.522. The molecule has 146 valence electrons. The summed E-state index contributed by atoms with van der Waals surface area (Å²) in [6.45, 7) is 11.1. The van der Waals surface area contributed by atoms with Crippen molar-refractivity contribution < 1.29 is 20.1 Å². The van der Waals surface area contributed by atoms with Crippen LogP contribution in [0.5, 0.6) is 11.5 Å². The smallest absolute Gasteiger partial charge is 0.307 e. The number of carbonyl (C=O) groups is 1. The lowest BCUT2D eigenvalue weighted by Crippen LogP contribution is -2.44. The summed E-state index contributed by atoms with van der Waals surface area (Å²) in [7, 11) is 0. The van der Waals surface area contributed by atoms with Crippen LogP contribution in [0.25, 0.3) is 0 Å². The lowest BCUT2D eigenvalue weighted by molar-refractivity contribution is -0.136. The van der Waals surface area contributed by atoms with Crippen molar-refractivity contribution in [2.75, 3.05) is 0 Å². The average Bonchev–Trinajstić information content (AvgIpc) is 2.58. The zero-order valence-corrected chi connectivity index (χ0v) is 16.5. The third-order valence-corrected chi connectivity index (χ3v) is 7.06. The first kappa shape index (κ1) is 19.5. The van der Waals surface area contributed by atoms with E-state index in [1.165, 1.54) is 23.3 Å². The number of phenols is 2. The summed E-state index contributed by atoms with van der Waals surface area (Å²) in [4.78, 5) is 10.9. The number of fused-ring (bicyclic) bond motifs is 1. The predicted molar refractivity (Wildman–Crippen MR) is 106 cm³/mol. The summed E-state index contributed by atoms with van der Waals surface area (Å²) in [6, 6.07) is 2.93. The maximum absolute atomic E-state index is 10.9. The molecular formula is C23H30O4. The summed E-state index contributed by atoms with van der Waals surface area (Å²) in [6.07, 6.45) is 5.90. The SMILES string of the molecule is C=C1C(C)CCC2(C)C1CC=C(C)C2Cc1cc(O)c(CC(=O)O)cc1O. The largest absolute Gasteiger partial charge is 0.508 e. The van der Waals surface area contributed by atoms with E-state index in [0.717, 1.165) is 19.3 Å². The van der Waals surface area contributed by atoms with Crippen LogP contribution in [0.3, 0.4) is 0 Å². The van der Waals surface area contributed by atoms with Crippen molar-refractivity contribution in [3.05, 3.63) is 47.1 Å². The molecule has 0 heterocycles. The summed E-state index contributed by atoms with van der Waals surface area (Å²) in [5.41, 5.74) is 3.66. The summed E-state index contributed by atoms with van der Waals surface area (Å²) in [5, 5.41) is 29.7. The number of carboxylic acids is 1. The van der Waals surface area contributed by atoms with Gasteiger partial charge in [-0.05, 0) is 73.5 Å². The van der Waals surface area contributed by atoms with Gasteiger partial charge in [-0.1, -0.05) is 37.6 Å². The Balaban J connectivity index is 1.93. The Morgan fingerprint density at radius 3 is 2.56 bits per heavy atom. The number of allylic oxidation sites excluding steroid dienone is 3. The van der Waals surface area contributed by atoms with Gasteiger partial charge in [0, 0.05) is 5.56 Å². The first-order chi connectivity index (χ1) is 12.6. The molecule has 1 aromatic rings. The van der Waals surface area contributed by atoms with E-state index in [2.05, 4.69) is 33.4 Å². The molecule has 0 amide bonds. The highest BCUT2D eigenvalue weighted by Gasteiger charge is 2.48. The Bertz CT molecular complexity index is 807. The molecular weight excluding hydrogens is 340 g/mol. The monoisotopic (exact) mass is 370 g/mol. The third-order valence-electron chi connectivity index (χ3n) is 7.06. The van der Waals surface area contributed by atoms with Gasteiger partial charge in [-0.2, -0.15) is 0 Å². The van der Waals surface area contributed by atoms with E-state index in [9.17, 15) is 15.0 Å². The number of aromatic hydroxyl groups is 2. The molecule has 1 saturated carbocycles. The van der Waals surface area contributed by atoms with Gasteiger partial charge < -0.3 is 15.3 Å². The highest BCUT2D eigenvalue weighted by atomic mass is 16.4. The van der Waals surface area contributed by atoms with Crippen LogP contribution in [-0.2, 0) is 17.6 Å². The minimum Gasteiger partial charge on any atom is -0.508 e. The molecule has 0 aliphatic heterocycles. The Morgan fingerprint density at radius 2 is 1.89 bits per heavy atom. The second-order valence-electron chi connectivity index (χ2n) is 8.69. The van der Waals surface area contributed by atoms with E-state index in [4.69, 9.17) is 5.11 Å². The van der Waals surface area contributed by atoms with Gasteiger partial charge in [-0.25, -0.2) is 0 Å². The van der Waals surface area contributed by atoms with E-state index in [-0.39, 0.29) is 34.8 Å². The van der Waals surface area contributed by atoms with Crippen LogP contribution >= 0.6 is 0 Å². The standard InChI is InChI=1S/C23H30O4/c1-13-7-8-23(4)18(15(13)3)6-5-14(2)19(23)9-16-10-21(25)17(11-20(16)24)12-22(26)27/h5,10-11,13,18-19,24-25H,3,6-9,12H2,1-2,4H3,(H,26,27). The van der Waals surface area contributed by atoms with Crippen molar-refractivity contribution in [2.45, 2.75) is 52.9 Å². The molecule has 4 unspecified atom stereocenters. The number of hydrogen-bond acceptors (Lipinski definition) is 3. The normalized spacial score (nSPS) is 30.6. The van der Waals surface area contributed by atoms with Crippen LogP contribution < -0.4 is 0 Å². The molecule has 0 radical (unpaired) electrons. The van der Waals surface area contributed by atoms with Crippen LogP contribution in [0.4, 0.5) is 0 Å². The van der Waals surface area contributed by atoms with Crippen LogP contribution in [0.1, 0.15) is 51.2 Å². The Kier molecular flexibility index (Phi) is 5.11. The van der Waals surface area contributed by atoms with E-state index in [1.54, 1.807) is 0 Å². The molecule has 0 saturated heterocycles. The zero-order valence-electron chi connectivity index (χ0n) is 16.5. The lowest BCUT2D eigenvalue weighted by atomic mass is 9.52. The second-order valence-corrected chi connectivity index (χ2v) is 8.69. The van der Waals surface area contributed by atoms with Gasteiger partial charge in [0.1, 0.15) is 11.5 Å². The van der Waals surface area contributed by atoms with Crippen molar-refractivity contribution in [2.24, 2.45) is 23.2 Å². The second kappa shape index (κ2) is 7.06. The van der Waals surface area contributed by atoms with Crippen molar-refractivity contribution >= 4 is 5.97 Å². The Morgan fingerprint density at radius 1 is 1.26 bits per heavy atom. The van der Waals surface area contributed by atoms with E-state index in [1.807, 2.05) is 0 Å². The fourth-order valence-corrected chi connectivity index (χ4v) is 5.20. The molecule has 0 aromatic heterocycles. The number of aliphatic carboxylic acids is 1. The minimum absolute atomic E-state index is 0.0607. The molecule has 1 fully saturated rings. The lowest BCUT2D eigenvalue weighted by Gasteiger charge is -2.52. The number of hydrogen-bond donors (Lipinski definition) is 3. The van der Waals surface area contributed by atoms with E-state index >= 15 is 0 Å². The maximum atomic E-state index is 10.9. The first-order valence-electron chi connectivity index (χ1n) is 9.74. The highest BCUT2D eigenvalue weighted by Crippen LogP contribution is 2.57. The van der Waals surface area contributed by atoms with Crippen molar-refractivity contribution in [1.29, 1.82) is 0 Å². The number of phenolic OH excluding ortho intramolecular Hbond substituents is 2. The van der Waals surface area contributed by atoms with Crippen LogP contribution in [-0.4, -0.2) is 21.3 Å². The van der Waals surface area contributed by atoms with E-state index in [0.29, 0.717) is 23.8 Å². The van der Waals surface area contributed by atoms with Crippen molar-refractivity contribution in [1.82, 2.24) is 0 Å². The van der Waals surface area contributed by atoms with Gasteiger partial charge in [-0.15, -0.1) is 0 Å². The molecule has 4 nitrogen and oxygen atoms in total. The average molecular weight is 370 g/mol. The Hall–Kier alpha value is -2.23. The van der Waals surface area contributed by atoms with Crippen LogP contribution in [0.15, 0.2) is 35.9 Å². The number of benzene rings is 1. The molecule has 3 N–H and O–H groups in total. The van der Waals surface area contributed by atoms with Gasteiger partial charge in [0.25, 0.3) is 0 Å². The van der Waals surface area contributed by atoms with Crippen molar-refractivity contribution in [3.63, 3.8) is 0 Å². The number of carboxylic acid groups (broad SMARTS) is 1. The minimum atomic E-state index is -1.03. The summed E-state index contributed by atoms with van der Waals surface area (Å²) >= 11 is 0. The molecule has 27 heavy (non-hydrogen) atoms. The molecule has 0 bridgehead atoms. The van der Waals surface area contributed by atoms with Crippen molar-refractivity contribution in [3.8, 4) is 11.5 Å². The molecule has 2 aliphatic rings. The Labute approximate surface area is 161 Å². The molecule has 3 rings (SSSR count). The molecule has 4 atom stereocenters. The summed E-state index contributed by atoms with van der Waals surface area (Å²) < 4.78 is 0. The van der Waals surface area contributed by atoms with Crippen LogP contribution in [0.2, 0.25) is 0 Å². The summed E-state index contributed by atoms with van der Waals surface area (Å²) in [5.74, 6) is 0.210. The van der Waals surface area contributed by atoms with Gasteiger partial charge in [0.05, 0.1) is 6.42 Å². The highest BCUT2D eigenvalue weighted by molar-refractivity contribution is 5.71. The maximum Gasteiger partial charge on any atom is 0.307 e. The zero-order chi connectivity index (χ0) is 19.9. The van der Waals surface area contributed by atoms with Gasteiger partial charge in [-0.3, -0.25) is 4.79 Å². The van der Waals surface area contributed by atoms with Gasteiger partial charge >= 0.3 is 5.97 Å². The quantitative estimate of drug-likeness (QED) is 0.523. The number of rotatable bonds is 4. The van der Waals surface area contributed by atoms with Crippen LogP contribution in [0, 0.1) is 23.2 Å². The molecule has 2 aliphatic carbocycles. The van der Waals surface area contributed by atoms with Gasteiger partial charge in [0.15, 0.2) is 0 Å². The molecule has 0 spiro atoms. The van der Waals surface area contributed by atoms with E-state index < -0.39 is 5.97 Å². The molecule has 4 heteroatoms. The topological polar surface area (TPSA) is 77.8 Å². The molecule has 1 aromatic carbocycles. The predicted octanol–water partition coefficient (Wildman–Crippen LogP) is 4.84. The van der Waals surface area contributed by atoms with Gasteiger partial charge in [0.2, 0.25) is 0 Å². The first-order valence-corrected chi connectivity index (χ1v) is 9.74. The fourth-order valence-electron chi connectivity index (χ4n) is 5.20.